The second-order valence-electron chi connectivity index (χ2n) is 6.66. The van der Waals surface area contributed by atoms with Crippen molar-refractivity contribution in [3.8, 4) is 11.3 Å². The molecule has 4 rings (SSSR count). The highest BCUT2D eigenvalue weighted by atomic mass is 19.1. The zero-order valence-corrected chi connectivity index (χ0v) is 15.6. The van der Waals surface area contributed by atoms with Crippen molar-refractivity contribution in [2.24, 2.45) is 0 Å². The minimum atomic E-state index is -0.395. The van der Waals surface area contributed by atoms with E-state index >= 15 is 0 Å². The van der Waals surface area contributed by atoms with Crippen LogP contribution in [0, 0.1) is 5.82 Å². The molecule has 4 aromatic rings. The SMILES string of the molecule is O=C(Cc1cc(-c2ccccc2F)on1)NC(c1ccccc1)c1ccccc1. The maximum Gasteiger partial charge on any atom is 0.226 e. The molecule has 29 heavy (non-hydrogen) atoms. The molecule has 144 valence electrons. The second-order valence-corrected chi connectivity index (χ2v) is 6.66. The van der Waals surface area contributed by atoms with Crippen LogP contribution in [0.5, 0.6) is 0 Å². The molecule has 0 radical (unpaired) electrons. The summed E-state index contributed by atoms with van der Waals surface area (Å²) in [6, 6.07) is 27.2. The van der Waals surface area contributed by atoms with Gasteiger partial charge in [0.05, 0.1) is 23.7 Å². The smallest absolute Gasteiger partial charge is 0.226 e. The third-order valence-corrected chi connectivity index (χ3v) is 4.61. The van der Waals surface area contributed by atoms with Crippen LogP contribution in [0.3, 0.4) is 0 Å². The highest BCUT2D eigenvalue weighted by Crippen LogP contribution is 2.24. The molecule has 1 aromatic heterocycles. The summed E-state index contributed by atoms with van der Waals surface area (Å²) in [6.07, 6.45) is 0.0358. The first-order valence-electron chi connectivity index (χ1n) is 9.30. The van der Waals surface area contributed by atoms with Gasteiger partial charge in [0.15, 0.2) is 5.76 Å². The summed E-state index contributed by atoms with van der Waals surface area (Å²) in [6.45, 7) is 0. The van der Waals surface area contributed by atoms with Crippen molar-refractivity contribution in [2.75, 3.05) is 0 Å². The number of hydrogen-bond donors (Lipinski definition) is 1. The van der Waals surface area contributed by atoms with Crippen LogP contribution in [0.1, 0.15) is 22.9 Å². The molecule has 0 saturated heterocycles. The van der Waals surface area contributed by atoms with Crippen molar-refractivity contribution >= 4 is 5.91 Å². The van der Waals surface area contributed by atoms with Gasteiger partial charge in [-0.3, -0.25) is 4.79 Å². The van der Waals surface area contributed by atoms with E-state index in [1.807, 2.05) is 60.7 Å². The average Bonchev–Trinajstić information content (AvgIpc) is 3.21. The minimum Gasteiger partial charge on any atom is -0.356 e. The summed E-state index contributed by atoms with van der Waals surface area (Å²) in [5.41, 5.74) is 2.73. The molecule has 0 spiro atoms. The van der Waals surface area contributed by atoms with Gasteiger partial charge in [0.1, 0.15) is 5.82 Å². The fourth-order valence-electron chi connectivity index (χ4n) is 3.21. The summed E-state index contributed by atoms with van der Waals surface area (Å²) in [5.74, 6) is -0.294. The van der Waals surface area contributed by atoms with E-state index in [0.29, 0.717) is 17.0 Å². The van der Waals surface area contributed by atoms with Gasteiger partial charge in [0.2, 0.25) is 5.91 Å². The number of nitrogens with one attached hydrogen (secondary N) is 1. The lowest BCUT2D eigenvalue weighted by atomic mass is 9.98. The van der Waals surface area contributed by atoms with Crippen LogP contribution < -0.4 is 5.32 Å². The molecule has 0 saturated carbocycles. The van der Waals surface area contributed by atoms with Crippen LogP contribution in [0.15, 0.2) is 95.5 Å². The molecule has 1 N–H and O–H groups in total. The standard InChI is InChI=1S/C24H19FN2O2/c25-21-14-8-7-13-20(21)22-15-19(27-29-22)16-23(28)26-24(17-9-3-1-4-10-17)18-11-5-2-6-12-18/h1-15,24H,16H2,(H,26,28). The van der Waals surface area contributed by atoms with E-state index in [2.05, 4.69) is 10.5 Å². The van der Waals surface area contributed by atoms with Gasteiger partial charge in [0, 0.05) is 6.07 Å². The molecule has 0 aliphatic heterocycles. The van der Waals surface area contributed by atoms with Gasteiger partial charge in [0.25, 0.3) is 0 Å². The maximum absolute atomic E-state index is 13.9. The number of halogens is 1. The van der Waals surface area contributed by atoms with Crippen molar-refractivity contribution in [1.82, 2.24) is 10.5 Å². The van der Waals surface area contributed by atoms with Crippen LogP contribution in [-0.2, 0) is 11.2 Å². The predicted molar refractivity (Wildman–Crippen MR) is 108 cm³/mol. The Morgan fingerprint density at radius 1 is 0.897 bits per heavy atom. The number of carbonyl (C=O) groups excluding carboxylic acids is 1. The van der Waals surface area contributed by atoms with Gasteiger partial charge in [-0.1, -0.05) is 78.0 Å². The highest BCUT2D eigenvalue weighted by molar-refractivity contribution is 5.79. The Morgan fingerprint density at radius 2 is 1.48 bits per heavy atom. The molecule has 3 aromatic carbocycles. The molecular formula is C24H19FN2O2. The van der Waals surface area contributed by atoms with Crippen molar-refractivity contribution in [3.05, 3.63) is 114 Å². The van der Waals surface area contributed by atoms with Crippen LogP contribution in [0.2, 0.25) is 0 Å². The lowest BCUT2D eigenvalue weighted by molar-refractivity contribution is -0.121. The van der Waals surface area contributed by atoms with Crippen molar-refractivity contribution in [3.63, 3.8) is 0 Å². The first kappa shape index (κ1) is 18.6. The molecule has 0 fully saturated rings. The van der Waals surface area contributed by atoms with Gasteiger partial charge in [-0.25, -0.2) is 4.39 Å². The largest absolute Gasteiger partial charge is 0.356 e. The molecule has 0 unspecified atom stereocenters. The molecule has 0 atom stereocenters. The monoisotopic (exact) mass is 386 g/mol. The van der Waals surface area contributed by atoms with Crippen LogP contribution in [0.4, 0.5) is 4.39 Å². The van der Waals surface area contributed by atoms with Gasteiger partial charge in [-0.05, 0) is 23.3 Å². The molecule has 0 aliphatic carbocycles. The number of rotatable bonds is 6. The van der Waals surface area contributed by atoms with Gasteiger partial charge >= 0.3 is 0 Å². The van der Waals surface area contributed by atoms with Crippen molar-refractivity contribution in [2.45, 2.75) is 12.5 Å². The van der Waals surface area contributed by atoms with E-state index in [-0.39, 0.29) is 18.4 Å². The van der Waals surface area contributed by atoms with Crippen LogP contribution >= 0.6 is 0 Å². The van der Waals surface area contributed by atoms with Gasteiger partial charge < -0.3 is 9.84 Å². The van der Waals surface area contributed by atoms with Crippen LogP contribution in [-0.4, -0.2) is 11.1 Å². The average molecular weight is 386 g/mol. The number of nitrogens with zero attached hydrogens (tertiary/aromatic N) is 1. The van der Waals surface area contributed by atoms with Crippen LogP contribution in [0.25, 0.3) is 11.3 Å². The third-order valence-electron chi connectivity index (χ3n) is 4.61. The molecule has 1 amide bonds. The summed E-state index contributed by atoms with van der Waals surface area (Å²) in [7, 11) is 0. The first-order chi connectivity index (χ1) is 14.2. The Bertz CT molecular complexity index is 1050. The van der Waals surface area contributed by atoms with E-state index in [9.17, 15) is 9.18 Å². The Labute approximate surface area is 168 Å². The lowest BCUT2D eigenvalue weighted by Crippen LogP contribution is -2.30. The Morgan fingerprint density at radius 3 is 2.10 bits per heavy atom. The van der Waals surface area contributed by atoms with E-state index < -0.39 is 5.82 Å². The van der Waals surface area contributed by atoms with Crippen molar-refractivity contribution in [1.29, 1.82) is 0 Å². The Kier molecular flexibility index (Phi) is 5.47. The molecule has 4 nitrogen and oxygen atoms in total. The molecule has 5 heteroatoms. The maximum atomic E-state index is 13.9. The molecule has 1 heterocycles. The normalized spacial score (nSPS) is 10.8. The third kappa shape index (κ3) is 4.41. The van der Waals surface area contributed by atoms with Gasteiger partial charge in [-0.2, -0.15) is 0 Å². The summed E-state index contributed by atoms with van der Waals surface area (Å²) >= 11 is 0. The summed E-state index contributed by atoms with van der Waals surface area (Å²) < 4.78 is 19.2. The van der Waals surface area contributed by atoms with E-state index in [1.165, 1.54) is 6.07 Å². The predicted octanol–water partition coefficient (Wildman–Crippen LogP) is 4.93. The Balaban J connectivity index is 1.51. The number of aromatic nitrogens is 1. The van der Waals surface area contributed by atoms with Crippen molar-refractivity contribution < 1.29 is 13.7 Å². The first-order valence-corrected chi connectivity index (χ1v) is 9.30. The van der Waals surface area contributed by atoms with E-state index in [4.69, 9.17) is 4.52 Å². The summed E-state index contributed by atoms with van der Waals surface area (Å²) in [4.78, 5) is 12.7. The topological polar surface area (TPSA) is 55.1 Å². The number of benzene rings is 3. The zero-order chi connectivity index (χ0) is 20.1. The zero-order valence-electron chi connectivity index (χ0n) is 15.6. The fourth-order valence-corrected chi connectivity index (χ4v) is 3.21. The lowest BCUT2D eigenvalue weighted by Gasteiger charge is -2.19. The number of hydrogen-bond acceptors (Lipinski definition) is 3. The van der Waals surface area contributed by atoms with E-state index in [1.54, 1.807) is 24.3 Å². The molecule has 0 bridgehead atoms. The van der Waals surface area contributed by atoms with E-state index in [0.717, 1.165) is 11.1 Å². The Hall–Kier alpha value is -3.73. The molecule has 0 aliphatic rings. The second kappa shape index (κ2) is 8.52. The highest BCUT2D eigenvalue weighted by Gasteiger charge is 2.18. The number of amides is 1. The quantitative estimate of drug-likeness (QED) is 0.511. The fraction of sp³-hybridized carbons (Fsp3) is 0.0833. The van der Waals surface area contributed by atoms with Gasteiger partial charge in [-0.15, -0.1) is 0 Å². The molecular weight excluding hydrogens is 367 g/mol. The number of carbonyl (C=O) groups is 1. The minimum absolute atomic E-state index is 0.0358. The summed E-state index contributed by atoms with van der Waals surface area (Å²) in [5, 5.41) is 6.99.